The zero-order chi connectivity index (χ0) is 23.9. The van der Waals surface area contributed by atoms with E-state index in [0.29, 0.717) is 17.8 Å². The fourth-order valence-electron chi connectivity index (χ4n) is 4.17. The maximum atomic E-state index is 13.3. The standard InChI is InChI=1S/C26H21NO6S/c1-17-15-25(28)33-24-16-20(10-13-22(17)24)32-26(29)19-8-11-21(12-9-19)34(30,31)27-14-4-6-18-5-2-3-7-23(18)27/h2-3,5,7-13,15-16H,4,6,14H2,1H3. The van der Waals surface area contributed by atoms with Crippen LogP contribution in [0, 0.1) is 6.92 Å². The van der Waals surface area contributed by atoms with Crippen LogP contribution in [-0.2, 0) is 16.4 Å². The van der Waals surface area contributed by atoms with Gasteiger partial charge < -0.3 is 9.15 Å². The lowest BCUT2D eigenvalue weighted by atomic mass is 10.0. The van der Waals surface area contributed by atoms with Gasteiger partial charge in [0, 0.05) is 24.1 Å². The number of anilines is 1. The molecule has 0 N–H and O–H groups in total. The first kappa shape index (κ1) is 21.9. The Kier molecular flexibility index (Phi) is 5.45. The summed E-state index contributed by atoms with van der Waals surface area (Å²) >= 11 is 0. The quantitative estimate of drug-likeness (QED) is 0.246. The lowest BCUT2D eigenvalue weighted by Crippen LogP contribution is -2.35. The molecule has 172 valence electrons. The molecule has 0 saturated carbocycles. The lowest BCUT2D eigenvalue weighted by Gasteiger charge is -2.30. The van der Waals surface area contributed by atoms with Crippen molar-refractivity contribution >= 4 is 32.6 Å². The molecule has 34 heavy (non-hydrogen) atoms. The van der Waals surface area contributed by atoms with E-state index in [0.717, 1.165) is 29.4 Å². The summed E-state index contributed by atoms with van der Waals surface area (Å²) in [5.41, 5.74) is 2.48. The molecule has 1 aliphatic rings. The van der Waals surface area contributed by atoms with Crippen molar-refractivity contribution in [3.8, 4) is 5.75 Å². The van der Waals surface area contributed by atoms with Crippen LogP contribution in [0.25, 0.3) is 11.0 Å². The molecule has 0 aliphatic carbocycles. The number of rotatable bonds is 4. The fraction of sp³-hybridized carbons (Fsp3) is 0.154. The van der Waals surface area contributed by atoms with E-state index in [9.17, 15) is 18.0 Å². The smallest absolute Gasteiger partial charge is 0.343 e. The number of esters is 1. The first-order chi connectivity index (χ1) is 16.3. The van der Waals surface area contributed by atoms with Gasteiger partial charge in [0.25, 0.3) is 10.0 Å². The molecule has 0 atom stereocenters. The highest BCUT2D eigenvalue weighted by molar-refractivity contribution is 7.92. The normalized spacial score (nSPS) is 13.5. The summed E-state index contributed by atoms with van der Waals surface area (Å²) in [5.74, 6) is -0.436. The highest BCUT2D eigenvalue weighted by Crippen LogP contribution is 2.32. The highest BCUT2D eigenvalue weighted by Gasteiger charge is 2.29. The third-order valence-electron chi connectivity index (χ3n) is 5.88. The van der Waals surface area contributed by atoms with E-state index in [-0.39, 0.29) is 16.2 Å². The Morgan fingerprint density at radius 2 is 1.76 bits per heavy atom. The molecule has 0 saturated heterocycles. The molecule has 0 fully saturated rings. The number of para-hydroxylation sites is 1. The first-order valence-corrected chi connectivity index (χ1v) is 12.2. The summed E-state index contributed by atoms with van der Waals surface area (Å²) in [4.78, 5) is 24.4. The summed E-state index contributed by atoms with van der Waals surface area (Å²) in [6, 6.07) is 19.3. The molecular formula is C26H21NO6S. The van der Waals surface area contributed by atoms with Gasteiger partial charge in [0.1, 0.15) is 11.3 Å². The molecule has 7 nitrogen and oxygen atoms in total. The molecule has 3 aromatic carbocycles. The molecule has 2 heterocycles. The van der Waals surface area contributed by atoms with Gasteiger partial charge in [-0.3, -0.25) is 4.31 Å². The van der Waals surface area contributed by atoms with Crippen molar-refractivity contribution in [1.82, 2.24) is 0 Å². The topological polar surface area (TPSA) is 93.9 Å². The molecule has 8 heteroatoms. The second kappa shape index (κ2) is 8.46. The number of benzene rings is 3. The van der Waals surface area contributed by atoms with Gasteiger partial charge in [-0.2, -0.15) is 0 Å². The monoisotopic (exact) mass is 475 g/mol. The van der Waals surface area contributed by atoms with Crippen LogP contribution < -0.4 is 14.7 Å². The summed E-state index contributed by atoms with van der Waals surface area (Å²) < 4.78 is 38.6. The maximum absolute atomic E-state index is 13.3. The molecule has 0 spiro atoms. The Hall–Kier alpha value is -3.91. The van der Waals surface area contributed by atoms with Crippen molar-refractivity contribution in [2.75, 3.05) is 10.8 Å². The number of fused-ring (bicyclic) bond motifs is 2. The Labute approximate surface area is 196 Å². The fourth-order valence-corrected chi connectivity index (χ4v) is 5.71. The number of carbonyl (C=O) groups excluding carboxylic acids is 1. The second-order valence-corrected chi connectivity index (χ2v) is 9.99. The van der Waals surface area contributed by atoms with Gasteiger partial charge >= 0.3 is 11.6 Å². The van der Waals surface area contributed by atoms with Gasteiger partial charge in [-0.05, 0) is 73.4 Å². The first-order valence-electron chi connectivity index (χ1n) is 10.8. The van der Waals surface area contributed by atoms with Gasteiger partial charge in [0.05, 0.1) is 16.1 Å². The van der Waals surface area contributed by atoms with E-state index in [4.69, 9.17) is 9.15 Å². The van der Waals surface area contributed by atoms with Crippen LogP contribution in [-0.4, -0.2) is 20.9 Å². The van der Waals surface area contributed by atoms with Crippen LogP contribution in [0.1, 0.15) is 27.9 Å². The van der Waals surface area contributed by atoms with Crippen molar-refractivity contribution in [2.24, 2.45) is 0 Å². The number of nitrogens with zero attached hydrogens (tertiary/aromatic N) is 1. The Morgan fingerprint density at radius 1 is 1.00 bits per heavy atom. The number of hydrogen-bond acceptors (Lipinski definition) is 6. The molecule has 1 aromatic heterocycles. The molecule has 0 unspecified atom stereocenters. The van der Waals surface area contributed by atoms with Crippen molar-refractivity contribution in [3.63, 3.8) is 0 Å². The number of carbonyl (C=O) groups is 1. The number of ether oxygens (including phenoxy) is 1. The van der Waals surface area contributed by atoms with Crippen molar-refractivity contribution in [1.29, 1.82) is 0 Å². The number of aryl methyl sites for hydroxylation is 2. The van der Waals surface area contributed by atoms with Crippen LogP contribution >= 0.6 is 0 Å². The Balaban J connectivity index is 1.38. The van der Waals surface area contributed by atoms with Gasteiger partial charge in [-0.15, -0.1) is 0 Å². The van der Waals surface area contributed by atoms with E-state index in [1.54, 1.807) is 19.1 Å². The van der Waals surface area contributed by atoms with Crippen LogP contribution in [0.15, 0.2) is 86.9 Å². The summed E-state index contributed by atoms with van der Waals surface area (Å²) in [7, 11) is -3.77. The van der Waals surface area contributed by atoms with Gasteiger partial charge in [0.15, 0.2) is 0 Å². The van der Waals surface area contributed by atoms with E-state index in [2.05, 4.69) is 0 Å². The van der Waals surface area contributed by atoms with Crippen molar-refractivity contribution in [2.45, 2.75) is 24.7 Å². The Bertz CT molecular complexity index is 1570. The predicted octanol–water partition coefficient (Wildman–Crippen LogP) is 4.46. The third-order valence-corrected chi connectivity index (χ3v) is 7.71. The van der Waals surface area contributed by atoms with Crippen molar-refractivity contribution in [3.05, 3.63) is 99.9 Å². The Morgan fingerprint density at radius 3 is 2.56 bits per heavy atom. The highest BCUT2D eigenvalue weighted by atomic mass is 32.2. The molecule has 0 amide bonds. The molecule has 1 aliphatic heterocycles. The van der Waals surface area contributed by atoms with E-state index < -0.39 is 21.6 Å². The predicted molar refractivity (Wildman–Crippen MR) is 128 cm³/mol. The zero-order valence-corrected chi connectivity index (χ0v) is 19.2. The SMILES string of the molecule is Cc1cc(=O)oc2cc(OC(=O)c3ccc(S(=O)(=O)N4CCCc5ccccc54)cc3)ccc12. The minimum Gasteiger partial charge on any atom is -0.423 e. The number of hydrogen-bond donors (Lipinski definition) is 0. The summed E-state index contributed by atoms with van der Waals surface area (Å²) in [5, 5.41) is 0.744. The van der Waals surface area contributed by atoms with Gasteiger partial charge in [0.2, 0.25) is 0 Å². The maximum Gasteiger partial charge on any atom is 0.343 e. The molecule has 0 radical (unpaired) electrons. The van der Waals surface area contributed by atoms with E-state index in [1.165, 1.54) is 40.7 Å². The largest absolute Gasteiger partial charge is 0.423 e. The average molecular weight is 476 g/mol. The lowest BCUT2D eigenvalue weighted by molar-refractivity contribution is 0.0735. The van der Waals surface area contributed by atoms with E-state index in [1.807, 2.05) is 24.3 Å². The van der Waals surface area contributed by atoms with Gasteiger partial charge in [-0.25, -0.2) is 18.0 Å². The minimum atomic E-state index is -3.77. The van der Waals surface area contributed by atoms with E-state index >= 15 is 0 Å². The van der Waals surface area contributed by atoms with Gasteiger partial charge in [-0.1, -0.05) is 18.2 Å². The second-order valence-electron chi connectivity index (χ2n) is 8.13. The van der Waals surface area contributed by atoms with Crippen LogP contribution in [0.4, 0.5) is 5.69 Å². The molecule has 5 rings (SSSR count). The van der Waals surface area contributed by atoms with Crippen LogP contribution in [0.3, 0.4) is 0 Å². The summed E-state index contributed by atoms with van der Waals surface area (Å²) in [6.45, 7) is 2.20. The van der Waals surface area contributed by atoms with Crippen LogP contribution in [0.2, 0.25) is 0 Å². The molecule has 0 bridgehead atoms. The van der Waals surface area contributed by atoms with Crippen molar-refractivity contribution < 1.29 is 22.4 Å². The molecular weight excluding hydrogens is 454 g/mol. The molecule has 4 aromatic rings. The number of sulfonamides is 1. The zero-order valence-electron chi connectivity index (χ0n) is 18.4. The van der Waals surface area contributed by atoms with Crippen LogP contribution in [0.5, 0.6) is 5.75 Å². The third kappa shape index (κ3) is 3.97. The average Bonchev–Trinajstić information content (AvgIpc) is 2.83. The summed E-state index contributed by atoms with van der Waals surface area (Å²) in [6.07, 6.45) is 1.58. The minimum absolute atomic E-state index is 0.101.